The van der Waals surface area contributed by atoms with E-state index in [1.807, 2.05) is 23.1 Å². The van der Waals surface area contributed by atoms with Crippen LogP contribution in [0.2, 0.25) is 0 Å². The molecule has 0 saturated carbocycles. The summed E-state index contributed by atoms with van der Waals surface area (Å²) in [6, 6.07) is 14.8. The van der Waals surface area contributed by atoms with Gasteiger partial charge in [0, 0.05) is 39.3 Å². The quantitative estimate of drug-likeness (QED) is 0.628. The van der Waals surface area contributed by atoms with Crippen LogP contribution >= 0.6 is 0 Å². The number of amides is 2. The number of nitrogens with zero attached hydrogens (tertiary/aromatic N) is 3. The fraction of sp³-hybridized carbons (Fsp3) is 0.462. The first kappa shape index (κ1) is 23.3. The van der Waals surface area contributed by atoms with Crippen molar-refractivity contribution in [2.45, 2.75) is 19.0 Å². The second-order valence-corrected chi connectivity index (χ2v) is 9.64. The lowest BCUT2D eigenvalue weighted by Gasteiger charge is -2.46. The molecule has 3 N–H and O–H groups in total. The summed E-state index contributed by atoms with van der Waals surface area (Å²) in [6.07, 6.45) is 1.15. The van der Waals surface area contributed by atoms with Crippen molar-refractivity contribution in [3.63, 3.8) is 0 Å². The number of ether oxygens (including phenoxy) is 3. The Morgan fingerprint density at radius 3 is 2.60 bits per heavy atom. The molecule has 3 aliphatic rings. The van der Waals surface area contributed by atoms with E-state index in [1.54, 1.807) is 24.3 Å². The number of piperidine rings is 2. The van der Waals surface area contributed by atoms with Crippen molar-refractivity contribution < 1.29 is 19.0 Å². The van der Waals surface area contributed by atoms with Crippen LogP contribution in [0.1, 0.15) is 17.5 Å². The first-order chi connectivity index (χ1) is 17.1. The summed E-state index contributed by atoms with van der Waals surface area (Å²) in [4.78, 5) is 17.2. The maximum atomic E-state index is 12.8. The fourth-order valence-electron chi connectivity index (χ4n) is 5.26. The number of nitrogens with two attached hydrogens (primary N) is 1. The molecule has 5 rings (SSSR count). The number of nitrogens with one attached hydrogen (secondary N) is 1. The molecule has 3 unspecified atom stereocenters. The Morgan fingerprint density at radius 2 is 1.86 bits per heavy atom. The van der Waals surface area contributed by atoms with E-state index in [1.165, 1.54) is 0 Å². The van der Waals surface area contributed by atoms with Gasteiger partial charge in [0.25, 0.3) is 0 Å². The monoisotopic (exact) mass is 477 g/mol. The van der Waals surface area contributed by atoms with Crippen LogP contribution in [-0.4, -0.2) is 68.0 Å². The van der Waals surface area contributed by atoms with E-state index >= 15 is 0 Å². The SMILES string of the molecule is N#Cc1ccc(OCC(N)CN2CC3CC(C2)CN(C(=O)NCc2ccc4c(c2)OCO4)C3)cc1. The lowest BCUT2D eigenvalue weighted by molar-refractivity contribution is 0.0412. The Hall–Kier alpha value is -3.48. The van der Waals surface area contributed by atoms with E-state index < -0.39 is 0 Å². The molecule has 2 aromatic carbocycles. The van der Waals surface area contributed by atoms with Gasteiger partial charge in [-0.25, -0.2) is 4.79 Å². The predicted octanol–water partition coefficient (Wildman–Crippen LogP) is 2.16. The van der Waals surface area contributed by atoms with Gasteiger partial charge in [-0.1, -0.05) is 6.07 Å². The molecule has 9 nitrogen and oxygen atoms in total. The van der Waals surface area contributed by atoms with Gasteiger partial charge in [0.2, 0.25) is 6.79 Å². The summed E-state index contributed by atoms with van der Waals surface area (Å²) in [5.74, 6) is 3.09. The van der Waals surface area contributed by atoms with Gasteiger partial charge in [0.05, 0.1) is 17.7 Å². The summed E-state index contributed by atoms with van der Waals surface area (Å²) in [7, 11) is 0. The molecule has 2 amide bonds. The summed E-state index contributed by atoms with van der Waals surface area (Å²) in [5, 5.41) is 12.0. The summed E-state index contributed by atoms with van der Waals surface area (Å²) >= 11 is 0. The third-order valence-electron chi connectivity index (χ3n) is 6.76. The minimum atomic E-state index is -0.106. The molecule has 0 spiro atoms. The average Bonchev–Trinajstić information content (AvgIpc) is 3.34. The van der Waals surface area contributed by atoms with Crippen molar-refractivity contribution in [3.8, 4) is 23.3 Å². The number of fused-ring (bicyclic) bond motifs is 3. The first-order valence-electron chi connectivity index (χ1n) is 12.1. The molecule has 2 bridgehead atoms. The van der Waals surface area contributed by atoms with E-state index in [0.29, 0.717) is 30.6 Å². The maximum absolute atomic E-state index is 12.8. The molecular weight excluding hydrogens is 446 g/mol. The van der Waals surface area contributed by atoms with Crippen molar-refractivity contribution in [2.75, 3.05) is 46.1 Å². The number of hydrogen-bond donors (Lipinski definition) is 2. The molecule has 3 aliphatic heterocycles. The van der Waals surface area contributed by atoms with Gasteiger partial charge in [0.15, 0.2) is 11.5 Å². The zero-order valence-corrected chi connectivity index (χ0v) is 19.7. The minimum Gasteiger partial charge on any atom is -0.492 e. The van der Waals surface area contributed by atoms with Crippen molar-refractivity contribution in [3.05, 3.63) is 53.6 Å². The highest BCUT2D eigenvalue weighted by atomic mass is 16.7. The number of likely N-dealkylation sites (tertiary alicyclic amines) is 2. The predicted molar refractivity (Wildman–Crippen MR) is 129 cm³/mol. The lowest BCUT2D eigenvalue weighted by Crippen LogP contribution is -2.57. The number of urea groups is 1. The van der Waals surface area contributed by atoms with Gasteiger partial charge < -0.3 is 35.1 Å². The van der Waals surface area contributed by atoms with Gasteiger partial charge in [-0.05, 0) is 60.2 Å². The normalized spacial score (nSPS) is 21.8. The Bertz CT molecular complexity index is 1070. The third-order valence-corrected chi connectivity index (χ3v) is 6.76. The van der Waals surface area contributed by atoms with E-state index in [4.69, 9.17) is 25.2 Å². The van der Waals surface area contributed by atoms with E-state index in [9.17, 15) is 4.79 Å². The molecule has 184 valence electrons. The Balaban J connectivity index is 1.06. The van der Waals surface area contributed by atoms with Crippen LogP contribution in [0.25, 0.3) is 0 Å². The zero-order valence-electron chi connectivity index (χ0n) is 19.7. The molecule has 2 saturated heterocycles. The minimum absolute atomic E-state index is 0.0154. The second kappa shape index (κ2) is 10.4. The molecule has 0 radical (unpaired) electrons. The van der Waals surface area contributed by atoms with Crippen LogP contribution in [-0.2, 0) is 6.54 Å². The Morgan fingerprint density at radius 1 is 1.11 bits per heavy atom. The summed E-state index contributed by atoms with van der Waals surface area (Å²) in [5.41, 5.74) is 7.95. The van der Waals surface area contributed by atoms with Gasteiger partial charge in [-0.15, -0.1) is 0 Å². The van der Waals surface area contributed by atoms with Crippen molar-refractivity contribution >= 4 is 6.03 Å². The molecule has 3 atom stereocenters. The van der Waals surface area contributed by atoms with Gasteiger partial charge in [0.1, 0.15) is 12.4 Å². The number of rotatable bonds is 7. The highest BCUT2D eigenvalue weighted by Gasteiger charge is 2.36. The molecule has 0 aliphatic carbocycles. The number of carbonyl (C=O) groups is 1. The molecule has 35 heavy (non-hydrogen) atoms. The first-order valence-corrected chi connectivity index (χ1v) is 12.1. The van der Waals surface area contributed by atoms with Crippen molar-refractivity contribution in [2.24, 2.45) is 17.6 Å². The van der Waals surface area contributed by atoms with E-state index in [-0.39, 0.29) is 18.9 Å². The van der Waals surface area contributed by atoms with Crippen LogP contribution in [0, 0.1) is 23.2 Å². The molecule has 3 heterocycles. The lowest BCUT2D eigenvalue weighted by atomic mass is 9.84. The number of hydrogen-bond acceptors (Lipinski definition) is 7. The highest BCUT2D eigenvalue weighted by molar-refractivity contribution is 5.74. The topological polar surface area (TPSA) is 113 Å². The molecule has 9 heteroatoms. The molecule has 2 fully saturated rings. The van der Waals surface area contributed by atoms with Crippen LogP contribution in [0.15, 0.2) is 42.5 Å². The number of nitriles is 1. The highest BCUT2D eigenvalue weighted by Crippen LogP contribution is 2.32. The molecular formula is C26H31N5O4. The smallest absolute Gasteiger partial charge is 0.317 e. The van der Waals surface area contributed by atoms with Crippen LogP contribution in [0.4, 0.5) is 4.79 Å². The van der Waals surface area contributed by atoms with Crippen LogP contribution in [0.3, 0.4) is 0 Å². The molecule has 2 aromatic rings. The Labute approximate surface area is 205 Å². The van der Waals surface area contributed by atoms with Crippen LogP contribution in [0.5, 0.6) is 17.2 Å². The summed E-state index contributed by atoms with van der Waals surface area (Å²) in [6.45, 7) is 5.29. The third kappa shape index (κ3) is 5.78. The van der Waals surface area contributed by atoms with Crippen molar-refractivity contribution in [1.29, 1.82) is 5.26 Å². The Kier molecular flexibility index (Phi) is 6.93. The van der Waals surface area contributed by atoms with E-state index in [0.717, 1.165) is 62.0 Å². The number of benzene rings is 2. The number of carbonyl (C=O) groups excluding carboxylic acids is 1. The fourth-order valence-corrected chi connectivity index (χ4v) is 5.26. The largest absolute Gasteiger partial charge is 0.492 e. The van der Waals surface area contributed by atoms with Crippen molar-refractivity contribution in [1.82, 2.24) is 15.1 Å². The molecule has 0 aromatic heterocycles. The zero-order chi connectivity index (χ0) is 24.2. The second-order valence-electron chi connectivity index (χ2n) is 9.64. The van der Waals surface area contributed by atoms with E-state index in [2.05, 4.69) is 16.3 Å². The van der Waals surface area contributed by atoms with Gasteiger partial charge in [-0.2, -0.15) is 5.26 Å². The average molecular weight is 478 g/mol. The van der Waals surface area contributed by atoms with Gasteiger partial charge in [-0.3, -0.25) is 0 Å². The standard InChI is InChI=1S/C26H31N5O4/c27-9-18-1-4-23(5-2-18)33-16-22(28)15-30-11-20-7-21(12-30)14-31(13-20)26(32)29-10-19-3-6-24-25(8-19)35-17-34-24/h1-6,8,20-22H,7,10-17,28H2,(H,29,32). The maximum Gasteiger partial charge on any atom is 0.317 e. The summed E-state index contributed by atoms with van der Waals surface area (Å²) < 4.78 is 16.6. The van der Waals surface area contributed by atoms with Gasteiger partial charge >= 0.3 is 6.03 Å². The van der Waals surface area contributed by atoms with Crippen LogP contribution < -0.4 is 25.3 Å².